The number of benzene rings is 1. The van der Waals surface area contributed by atoms with Crippen LogP contribution in [0, 0.1) is 0 Å². The number of para-hydroxylation sites is 1. The molecule has 2 N–H and O–H groups in total. The van der Waals surface area contributed by atoms with E-state index in [0.717, 1.165) is 24.2 Å². The molecule has 0 amide bonds. The molecule has 0 atom stereocenters. The minimum Gasteiger partial charge on any atom is -0.399 e. The van der Waals surface area contributed by atoms with Gasteiger partial charge in [-0.15, -0.1) is 0 Å². The van der Waals surface area contributed by atoms with Gasteiger partial charge in [0.25, 0.3) is 0 Å². The van der Waals surface area contributed by atoms with Crippen LogP contribution in [0.2, 0.25) is 0 Å². The summed E-state index contributed by atoms with van der Waals surface area (Å²) in [6.07, 6.45) is 2.10. The first-order valence-electron chi connectivity index (χ1n) is 5.58. The summed E-state index contributed by atoms with van der Waals surface area (Å²) in [6.45, 7) is 1.37. The molecule has 0 aliphatic heterocycles. The van der Waals surface area contributed by atoms with Gasteiger partial charge in [-0.25, -0.2) is 8.42 Å². The molecule has 17 heavy (non-hydrogen) atoms. The zero-order valence-corrected chi connectivity index (χ0v) is 11.2. The van der Waals surface area contributed by atoms with Gasteiger partial charge in [-0.05, 0) is 25.1 Å². The van der Waals surface area contributed by atoms with E-state index in [1.807, 2.05) is 36.2 Å². The Balaban J connectivity index is 2.39. The van der Waals surface area contributed by atoms with Gasteiger partial charge in [-0.3, -0.25) is 0 Å². The van der Waals surface area contributed by atoms with Gasteiger partial charge in [-0.1, -0.05) is 18.2 Å². The van der Waals surface area contributed by atoms with Gasteiger partial charge in [0.15, 0.2) is 0 Å². The van der Waals surface area contributed by atoms with E-state index < -0.39 is 9.84 Å². The van der Waals surface area contributed by atoms with Crippen LogP contribution in [0.1, 0.15) is 5.56 Å². The molecule has 0 heterocycles. The molecule has 0 aromatic heterocycles. The van der Waals surface area contributed by atoms with Crippen LogP contribution in [0.5, 0.6) is 0 Å². The maximum absolute atomic E-state index is 11.0. The second-order valence-electron chi connectivity index (χ2n) is 4.38. The van der Waals surface area contributed by atoms with E-state index in [1.165, 1.54) is 6.26 Å². The molecule has 0 spiro atoms. The first kappa shape index (κ1) is 14.0. The first-order valence-corrected chi connectivity index (χ1v) is 7.64. The number of rotatable bonds is 6. The molecular weight excluding hydrogens is 236 g/mol. The lowest BCUT2D eigenvalue weighted by molar-refractivity contribution is 0.358. The summed E-state index contributed by atoms with van der Waals surface area (Å²) in [5.41, 5.74) is 7.74. The monoisotopic (exact) mass is 256 g/mol. The summed E-state index contributed by atoms with van der Waals surface area (Å²) in [7, 11) is -0.956. The lowest BCUT2D eigenvalue weighted by atomic mass is 10.1. The van der Waals surface area contributed by atoms with Crippen LogP contribution in [0.4, 0.5) is 5.69 Å². The van der Waals surface area contributed by atoms with Crippen LogP contribution >= 0.6 is 0 Å². The summed E-state index contributed by atoms with van der Waals surface area (Å²) in [4.78, 5) is 2.01. The van der Waals surface area contributed by atoms with E-state index in [-0.39, 0.29) is 5.75 Å². The Kier molecular flexibility index (Phi) is 4.96. The lowest BCUT2D eigenvalue weighted by Crippen LogP contribution is -2.27. The van der Waals surface area contributed by atoms with Gasteiger partial charge in [0, 0.05) is 25.0 Å². The zero-order valence-electron chi connectivity index (χ0n) is 10.4. The predicted octanol–water partition coefficient (Wildman–Crippen LogP) is 0.788. The molecule has 0 saturated heterocycles. The van der Waals surface area contributed by atoms with Crippen molar-refractivity contribution in [2.75, 3.05) is 37.9 Å². The maximum atomic E-state index is 11.0. The van der Waals surface area contributed by atoms with Crippen molar-refractivity contribution < 1.29 is 8.42 Å². The van der Waals surface area contributed by atoms with Crippen molar-refractivity contribution in [1.82, 2.24) is 4.90 Å². The summed E-state index contributed by atoms with van der Waals surface area (Å²) in [6, 6.07) is 7.75. The SMILES string of the molecule is CN(CCc1ccccc1N)CCS(C)(=O)=O. The molecule has 0 saturated carbocycles. The Morgan fingerprint density at radius 2 is 1.88 bits per heavy atom. The van der Waals surface area contributed by atoms with E-state index in [0.29, 0.717) is 6.54 Å². The van der Waals surface area contributed by atoms with E-state index in [1.54, 1.807) is 0 Å². The Morgan fingerprint density at radius 3 is 2.47 bits per heavy atom. The molecule has 0 aliphatic carbocycles. The van der Waals surface area contributed by atoms with Crippen LogP contribution in [0.3, 0.4) is 0 Å². The van der Waals surface area contributed by atoms with Gasteiger partial charge >= 0.3 is 0 Å². The number of nitrogen functional groups attached to an aromatic ring is 1. The molecule has 1 aromatic carbocycles. The highest BCUT2D eigenvalue weighted by molar-refractivity contribution is 7.90. The van der Waals surface area contributed by atoms with E-state index in [4.69, 9.17) is 5.73 Å². The number of likely N-dealkylation sites (N-methyl/N-ethyl adjacent to an activating group) is 1. The first-order chi connectivity index (χ1) is 7.88. The molecule has 96 valence electrons. The van der Waals surface area contributed by atoms with Gasteiger partial charge in [-0.2, -0.15) is 0 Å². The molecule has 4 nitrogen and oxygen atoms in total. The Morgan fingerprint density at radius 1 is 1.24 bits per heavy atom. The van der Waals surface area contributed by atoms with Gasteiger partial charge in [0.2, 0.25) is 0 Å². The van der Waals surface area contributed by atoms with Crippen molar-refractivity contribution in [3.8, 4) is 0 Å². The predicted molar refractivity (Wildman–Crippen MR) is 71.8 cm³/mol. The van der Waals surface area contributed by atoms with Crippen LogP contribution in [-0.2, 0) is 16.3 Å². The second-order valence-corrected chi connectivity index (χ2v) is 6.64. The number of hydrogen-bond donors (Lipinski definition) is 1. The summed E-state index contributed by atoms with van der Waals surface area (Å²) >= 11 is 0. The molecule has 0 radical (unpaired) electrons. The maximum Gasteiger partial charge on any atom is 0.148 e. The van der Waals surface area contributed by atoms with Gasteiger partial charge < -0.3 is 10.6 Å². The standard InChI is InChI=1S/C12H20N2O2S/c1-14(9-10-17(2,15)16)8-7-11-5-3-4-6-12(11)13/h3-6H,7-10,13H2,1-2H3. The van der Waals surface area contributed by atoms with Crippen molar-refractivity contribution in [3.63, 3.8) is 0 Å². The second kappa shape index (κ2) is 6.02. The van der Waals surface area contributed by atoms with Crippen molar-refractivity contribution >= 4 is 15.5 Å². The number of nitrogens with two attached hydrogens (primary N) is 1. The average molecular weight is 256 g/mol. The van der Waals surface area contributed by atoms with Crippen LogP contribution in [0.15, 0.2) is 24.3 Å². The van der Waals surface area contributed by atoms with Crippen molar-refractivity contribution in [3.05, 3.63) is 29.8 Å². The topological polar surface area (TPSA) is 63.4 Å². The zero-order chi connectivity index (χ0) is 12.9. The molecule has 5 heteroatoms. The van der Waals surface area contributed by atoms with Crippen LogP contribution in [-0.4, -0.2) is 45.5 Å². The molecule has 1 aromatic rings. The fraction of sp³-hybridized carbons (Fsp3) is 0.500. The third kappa shape index (κ3) is 5.70. The normalized spacial score (nSPS) is 11.9. The molecule has 0 unspecified atom stereocenters. The highest BCUT2D eigenvalue weighted by Crippen LogP contribution is 2.11. The van der Waals surface area contributed by atoms with Gasteiger partial charge in [0.05, 0.1) is 5.75 Å². The molecular formula is C12H20N2O2S. The third-order valence-corrected chi connectivity index (χ3v) is 3.59. The van der Waals surface area contributed by atoms with Gasteiger partial charge in [0.1, 0.15) is 9.84 Å². The van der Waals surface area contributed by atoms with Crippen molar-refractivity contribution in [2.45, 2.75) is 6.42 Å². The molecule has 1 rings (SSSR count). The highest BCUT2D eigenvalue weighted by atomic mass is 32.2. The quantitative estimate of drug-likeness (QED) is 0.764. The number of sulfone groups is 1. The molecule has 0 fully saturated rings. The van der Waals surface area contributed by atoms with Crippen molar-refractivity contribution in [2.24, 2.45) is 0 Å². The van der Waals surface area contributed by atoms with E-state index >= 15 is 0 Å². The minimum atomic E-state index is -2.88. The van der Waals surface area contributed by atoms with Crippen LogP contribution < -0.4 is 5.73 Å². The fourth-order valence-electron chi connectivity index (χ4n) is 1.51. The number of hydrogen-bond acceptors (Lipinski definition) is 4. The molecule has 0 aliphatic rings. The minimum absolute atomic E-state index is 0.202. The highest BCUT2D eigenvalue weighted by Gasteiger charge is 2.06. The number of nitrogens with zero attached hydrogens (tertiary/aromatic N) is 1. The molecule has 0 bridgehead atoms. The Labute approximate surface area is 103 Å². The smallest absolute Gasteiger partial charge is 0.148 e. The fourth-order valence-corrected chi connectivity index (χ4v) is 2.15. The average Bonchev–Trinajstić information content (AvgIpc) is 2.24. The van der Waals surface area contributed by atoms with E-state index in [9.17, 15) is 8.42 Å². The lowest BCUT2D eigenvalue weighted by Gasteiger charge is -2.16. The third-order valence-electron chi connectivity index (χ3n) is 2.66. The summed E-state index contributed by atoms with van der Waals surface area (Å²) in [5, 5.41) is 0. The summed E-state index contributed by atoms with van der Waals surface area (Å²) < 4.78 is 22.0. The largest absolute Gasteiger partial charge is 0.399 e. The summed E-state index contributed by atoms with van der Waals surface area (Å²) in [5.74, 6) is 0.202. The van der Waals surface area contributed by atoms with E-state index in [2.05, 4.69) is 0 Å². The van der Waals surface area contributed by atoms with Crippen molar-refractivity contribution in [1.29, 1.82) is 0 Å². The Hall–Kier alpha value is -1.07. The van der Waals surface area contributed by atoms with Crippen LogP contribution in [0.25, 0.3) is 0 Å². The Bertz CT molecular complexity index is 457. The number of anilines is 1.